The number of rotatable bonds is 1. The van der Waals surface area contributed by atoms with Gasteiger partial charge >= 0.3 is 0 Å². The van der Waals surface area contributed by atoms with Crippen molar-refractivity contribution >= 4 is 29.1 Å². The molecule has 120 valence electrons. The number of anilines is 1. The fraction of sp³-hybridized carbons (Fsp3) is 0.562. The van der Waals surface area contributed by atoms with Crippen molar-refractivity contribution in [3.8, 4) is 0 Å². The fourth-order valence-electron chi connectivity index (χ4n) is 4.15. The Labute approximate surface area is 138 Å². The van der Waals surface area contributed by atoms with Crippen LogP contribution in [0.1, 0.15) is 25.7 Å². The number of amides is 1. The van der Waals surface area contributed by atoms with Crippen LogP contribution in [-0.2, 0) is 4.79 Å². The number of thioether (sulfide) groups is 1. The van der Waals surface area contributed by atoms with Crippen molar-refractivity contribution in [2.75, 3.05) is 24.5 Å². The highest BCUT2D eigenvalue weighted by Gasteiger charge is 2.54. The molecule has 2 aromatic rings. The van der Waals surface area contributed by atoms with E-state index in [0.29, 0.717) is 11.3 Å². The Morgan fingerprint density at radius 3 is 2.87 bits per heavy atom. The van der Waals surface area contributed by atoms with Crippen molar-refractivity contribution in [3.63, 3.8) is 0 Å². The molecule has 1 amide bonds. The molecule has 23 heavy (non-hydrogen) atoms. The molecule has 0 unspecified atom stereocenters. The van der Waals surface area contributed by atoms with Crippen LogP contribution in [0, 0.1) is 0 Å². The standard InChI is InChI=1S/C16H19N5OS/c22-15-16(23-14-2-1-9-20(14)15)5-10-19(11-6-16)13-4-7-17-12-3-8-18-21(12)13/h3-4,7-8,14H,1-2,5-6,9-11H2/t14-/m0/s1. The average Bonchev–Trinajstić information content (AvgIpc) is 3.27. The quantitative estimate of drug-likeness (QED) is 0.798. The molecule has 0 bridgehead atoms. The lowest BCUT2D eigenvalue weighted by molar-refractivity contribution is -0.132. The fourth-order valence-corrected chi connectivity index (χ4v) is 5.92. The number of hydrogen-bond acceptors (Lipinski definition) is 5. The predicted molar refractivity (Wildman–Crippen MR) is 89.5 cm³/mol. The Balaban J connectivity index is 1.39. The van der Waals surface area contributed by atoms with E-state index >= 15 is 0 Å². The van der Waals surface area contributed by atoms with Crippen LogP contribution < -0.4 is 4.90 Å². The Bertz CT molecular complexity index is 767. The number of nitrogens with zero attached hydrogens (tertiary/aromatic N) is 5. The maximum absolute atomic E-state index is 12.8. The zero-order valence-electron chi connectivity index (χ0n) is 12.9. The molecule has 0 aromatic carbocycles. The van der Waals surface area contributed by atoms with E-state index in [1.807, 2.05) is 34.6 Å². The molecule has 3 aliphatic rings. The van der Waals surface area contributed by atoms with Crippen LogP contribution in [0.15, 0.2) is 24.5 Å². The second kappa shape index (κ2) is 4.87. The van der Waals surface area contributed by atoms with Crippen molar-refractivity contribution in [2.24, 2.45) is 0 Å². The van der Waals surface area contributed by atoms with Gasteiger partial charge in [-0.2, -0.15) is 9.61 Å². The van der Waals surface area contributed by atoms with E-state index in [4.69, 9.17) is 0 Å². The topological polar surface area (TPSA) is 53.7 Å². The molecule has 2 aromatic heterocycles. The van der Waals surface area contributed by atoms with Gasteiger partial charge in [-0.3, -0.25) is 4.79 Å². The van der Waals surface area contributed by atoms with Crippen LogP contribution in [0.25, 0.3) is 5.65 Å². The summed E-state index contributed by atoms with van der Waals surface area (Å²) in [4.78, 5) is 21.6. The van der Waals surface area contributed by atoms with Gasteiger partial charge < -0.3 is 9.80 Å². The van der Waals surface area contributed by atoms with Crippen molar-refractivity contribution < 1.29 is 4.79 Å². The summed E-state index contributed by atoms with van der Waals surface area (Å²) >= 11 is 1.93. The number of piperidine rings is 1. The lowest BCUT2D eigenvalue weighted by atomic mass is 9.94. The maximum Gasteiger partial charge on any atom is 0.239 e. The van der Waals surface area contributed by atoms with Gasteiger partial charge in [-0.1, -0.05) is 0 Å². The lowest BCUT2D eigenvalue weighted by Crippen LogP contribution is -2.48. The van der Waals surface area contributed by atoms with Crippen molar-refractivity contribution in [2.45, 2.75) is 35.8 Å². The first-order chi connectivity index (χ1) is 11.3. The van der Waals surface area contributed by atoms with Gasteiger partial charge in [0, 0.05) is 31.9 Å². The second-order valence-corrected chi connectivity index (χ2v) is 8.16. The summed E-state index contributed by atoms with van der Waals surface area (Å²) in [7, 11) is 0. The van der Waals surface area contributed by atoms with Gasteiger partial charge in [0.1, 0.15) is 5.82 Å². The molecule has 0 saturated carbocycles. The maximum atomic E-state index is 12.8. The highest BCUT2D eigenvalue weighted by atomic mass is 32.2. The molecule has 7 heteroatoms. The van der Waals surface area contributed by atoms with Gasteiger partial charge in [0.05, 0.1) is 16.3 Å². The zero-order valence-corrected chi connectivity index (χ0v) is 13.7. The molecule has 5 rings (SSSR count). The van der Waals surface area contributed by atoms with Crippen LogP contribution in [0.4, 0.5) is 5.82 Å². The van der Waals surface area contributed by atoms with E-state index in [1.54, 1.807) is 6.20 Å². The highest BCUT2D eigenvalue weighted by Crippen LogP contribution is 2.50. The van der Waals surface area contributed by atoms with Crippen molar-refractivity contribution in [1.82, 2.24) is 19.5 Å². The van der Waals surface area contributed by atoms with E-state index in [2.05, 4.69) is 19.9 Å². The number of carbonyl (C=O) groups excluding carboxylic acids is 1. The van der Waals surface area contributed by atoms with E-state index in [0.717, 1.165) is 43.9 Å². The summed E-state index contributed by atoms with van der Waals surface area (Å²) < 4.78 is 1.72. The monoisotopic (exact) mass is 329 g/mol. The minimum absolute atomic E-state index is 0.169. The molecule has 6 nitrogen and oxygen atoms in total. The molecule has 0 N–H and O–H groups in total. The van der Waals surface area contributed by atoms with Gasteiger partial charge in [0.25, 0.3) is 0 Å². The van der Waals surface area contributed by atoms with Gasteiger partial charge in [-0.25, -0.2) is 4.98 Å². The van der Waals surface area contributed by atoms with Crippen molar-refractivity contribution in [1.29, 1.82) is 0 Å². The molecule has 3 aliphatic heterocycles. The minimum Gasteiger partial charge on any atom is -0.356 e. The Kier molecular flexibility index (Phi) is 2.89. The molecular weight excluding hydrogens is 310 g/mol. The van der Waals surface area contributed by atoms with E-state index in [-0.39, 0.29) is 4.75 Å². The number of carbonyl (C=O) groups is 1. The minimum atomic E-state index is -0.169. The first-order valence-electron chi connectivity index (χ1n) is 8.29. The van der Waals surface area contributed by atoms with Gasteiger partial charge in [-0.15, -0.1) is 11.8 Å². The Hall–Kier alpha value is -1.76. The molecule has 3 fully saturated rings. The summed E-state index contributed by atoms with van der Waals surface area (Å²) in [5.74, 6) is 1.47. The highest BCUT2D eigenvalue weighted by molar-refractivity contribution is 8.02. The van der Waals surface area contributed by atoms with Crippen molar-refractivity contribution in [3.05, 3.63) is 24.5 Å². The third-order valence-corrected chi connectivity index (χ3v) is 7.17. The van der Waals surface area contributed by atoms with Crippen LogP contribution >= 0.6 is 11.8 Å². The van der Waals surface area contributed by atoms with Gasteiger partial charge in [0.2, 0.25) is 5.91 Å². The number of hydrogen-bond donors (Lipinski definition) is 0. The first kappa shape index (κ1) is 13.7. The zero-order chi connectivity index (χ0) is 15.4. The average molecular weight is 329 g/mol. The molecule has 0 aliphatic carbocycles. The molecule has 1 atom stereocenters. The summed E-state index contributed by atoms with van der Waals surface area (Å²) in [6.07, 6.45) is 7.80. The summed E-state index contributed by atoms with van der Waals surface area (Å²) in [5, 5.41) is 4.81. The SMILES string of the molecule is O=C1N2CCC[C@@H]2SC12CCN(c1ccnc3ccnn13)CC2. The van der Waals surface area contributed by atoms with Crippen LogP contribution in [0.2, 0.25) is 0 Å². The largest absolute Gasteiger partial charge is 0.356 e. The third-order valence-electron chi connectivity index (χ3n) is 5.38. The Morgan fingerprint density at radius 1 is 1.17 bits per heavy atom. The first-order valence-corrected chi connectivity index (χ1v) is 9.17. The van der Waals surface area contributed by atoms with E-state index < -0.39 is 0 Å². The number of fused-ring (bicyclic) bond motifs is 2. The van der Waals surface area contributed by atoms with E-state index in [9.17, 15) is 4.79 Å². The molecule has 0 radical (unpaired) electrons. The smallest absolute Gasteiger partial charge is 0.239 e. The normalized spacial score (nSPS) is 26.4. The number of aromatic nitrogens is 3. The second-order valence-electron chi connectivity index (χ2n) is 6.60. The van der Waals surface area contributed by atoms with Crippen LogP contribution in [-0.4, -0.2) is 55.2 Å². The van der Waals surface area contributed by atoms with Crippen LogP contribution in [0.3, 0.4) is 0 Å². The molecule has 1 spiro atoms. The summed E-state index contributed by atoms with van der Waals surface area (Å²) in [5.41, 5.74) is 0.870. The molecule has 3 saturated heterocycles. The Morgan fingerprint density at radius 2 is 2.04 bits per heavy atom. The van der Waals surface area contributed by atoms with Gasteiger partial charge in [-0.05, 0) is 31.7 Å². The van der Waals surface area contributed by atoms with Crippen LogP contribution in [0.5, 0.6) is 0 Å². The van der Waals surface area contributed by atoms with Gasteiger partial charge in [0.15, 0.2) is 5.65 Å². The molecular formula is C16H19N5OS. The third kappa shape index (κ3) is 1.92. The lowest BCUT2D eigenvalue weighted by Gasteiger charge is -2.38. The molecule has 5 heterocycles. The summed E-state index contributed by atoms with van der Waals surface area (Å²) in [6, 6.07) is 3.93. The summed E-state index contributed by atoms with van der Waals surface area (Å²) in [6.45, 7) is 2.76. The predicted octanol–water partition coefficient (Wildman–Crippen LogP) is 1.76. The van der Waals surface area contributed by atoms with E-state index in [1.165, 1.54) is 12.8 Å².